The Morgan fingerprint density at radius 1 is 0.909 bits per heavy atom. The van der Waals surface area contributed by atoms with Crippen molar-refractivity contribution in [2.24, 2.45) is 5.73 Å². The first-order valence-corrected chi connectivity index (χ1v) is 12.5. The average molecular weight is 447 g/mol. The zero-order valence-corrected chi connectivity index (χ0v) is 19.2. The minimum atomic E-state index is -0.417. The zero-order chi connectivity index (χ0) is 22.8. The predicted molar refractivity (Wildman–Crippen MR) is 128 cm³/mol. The molecule has 1 heterocycles. The Morgan fingerprint density at radius 2 is 1.70 bits per heavy atom. The molecule has 0 bridgehead atoms. The Bertz CT molecular complexity index is 999. The molecule has 0 spiro atoms. The van der Waals surface area contributed by atoms with Gasteiger partial charge in [0, 0.05) is 25.4 Å². The first-order valence-electron chi connectivity index (χ1n) is 12.5. The monoisotopic (exact) mass is 446 g/mol. The van der Waals surface area contributed by atoms with Gasteiger partial charge in [0.05, 0.1) is 5.92 Å². The molecular weight excluding hydrogens is 412 g/mol. The lowest BCUT2D eigenvalue weighted by atomic mass is 9.83. The summed E-state index contributed by atoms with van der Waals surface area (Å²) in [7, 11) is 0. The van der Waals surface area contributed by atoms with E-state index in [1.165, 1.54) is 43.2 Å². The number of amides is 2. The lowest BCUT2D eigenvalue weighted by molar-refractivity contribution is -0.154. The fourth-order valence-electron chi connectivity index (χ4n) is 6.10. The maximum atomic E-state index is 13.3. The summed E-state index contributed by atoms with van der Waals surface area (Å²) in [4.78, 5) is 26.8. The number of piperidine rings is 1. The SMILES string of the molecule is NC(=O)N1CCC(OC(=O)C2CCc3cc(C4CCCCC4)ccc32)C(c2ccccc2)C1. The number of fused-ring (bicyclic) bond motifs is 1. The Hall–Kier alpha value is -2.82. The highest BCUT2D eigenvalue weighted by Crippen LogP contribution is 2.40. The molecule has 174 valence electrons. The van der Waals surface area contributed by atoms with E-state index in [1.807, 2.05) is 30.3 Å². The van der Waals surface area contributed by atoms with Gasteiger partial charge in [0.25, 0.3) is 0 Å². The van der Waals surface area contributed by atoms with Crippen LogP contribution in [0.15, 0.2) is 48.5 Å². The van der Waals surface area contributed by atoms with Crippen LogP contribution in [0.1, 0.15) is 85.0 Å². The van der Waals surface area contributed by atoms with Crippen LogP contribution >= 0.6 is 0 Å². The fraction of sp³-hybridized carbons (Fsp3) is 0.500. The lowest BCUT2D eigenvalue weighted by Crippen LogP contribution is -2.48. The van der Waals surface area contributed by atoms with Crippen LogP contribution in [-0.4, -0.2) is 36.1 Å². The second kappa shape index (κ2) is 9.58. The van der Waals surface area contributed by atoms with E-state index < -0.39 is 6.03 Å². The van der Waals surface area contributed by atoms with E-state index in [2.05, 4.69) is 18.2 Å². The zero-order valence-electron chi connectivity index (χ0n) is 19.2. The summed E-state index contributed by atoms with van der Waals surface area (Å²) < 4.78 is 6.16. The number of esters is 1. The highest BCUT2D eigenvalue weighted by atomic mass is 16.5. The summed E-state index contributed by atoms with van der Waals surface area (Å²) in [5, 5.41) is 0. The van der Waals surface area contributed by atoms with Gasteiger partial charge in [0.2, 0.25) is 0 Å². The lowest BCUT2D eigenvalue weighted by Gasteiger charge is -2.38. The highest BCUT2D eigenvalue weighted by molar-refractivity contribution is 5.80. The molecule has 5 heteroatoms. The standard InChI is InChI=1S/C28H34N2O3/c29-28(32)30-16-15-26(25(18-30)20-9-5-2-6-10-20)33-27(31)24-14-12-22-17-21(11-13-23(22)24)19-7-3-1-4-8-19/h2,5-6,9-11,13,17,19,24-26H,1,3-4,7-8,12,14-16,18H2,(H2,29,32). The third-order valence-electron chi connectivity index (χ3n) is 7.96. The number of carbonyl (C=O) groups is 2. The van der Waals surface area contributed by atoms with Crippen LogP contribution < -0.4 is 5.73 Å². The van der Waals surface area contributed by atoms with Gasteiger partial charge < -0.3 is 15.4 Å². The second-order valence-corrected chi connectivity index (χ2v) is 9.95. The Balaban J connectivity index is 1.30. The first kappa shape index (κ1) is 22.0. The second-order valence-electron chi connectivity index (χ2n) is 9.95. The quantitative estimate of drug-likeness (QED) is 0.653. The van der Waals surface area contributed by atoms with Gasteiger partial charge in [0.15, 0.2) is 0 Å². The van der Waals surface area contributed by atoms with Crippen molar-refractivity contribution in [1.82, 2.24) is 4.90 Å². The van der Waals surface area contributed by atoms with Crippen molar-refractivity contribution in [3.63, 3.8) is 0 Å². The van der Waals surface area contributed by atoms with Crippen molar-refractivity contribution in [3.8, 4) is 0 Å². The van der Waals surface area contributed by atoms with Gasteiger partial charge in [-0.15, -0.1) is 0 Å². The molecule has 2 amide bonds. The van der Waals surface area contributed by atoms with Crippen LogP contribution in [0.4, 0.5) is 4.79 Å². The molecule has 0 radical (unpaired) electrons. The smallest absolute Gasteiger partial charge is 0.314 e. The summed E-state index contributed by atoms with van der Waals surface area (Å²) in [6.45, 7) is 0.992. The molecular formula is C28H34N2O3. The Morgan fingerprint density at radius 3 is 2.45 bits per heavy atom. The molecule has 0 aromatic heterocycles. The minimum Gasteiger partial charge on any atom is -0.461 e. The molecule has 2 aliphatic carbocycles. The molecule has 5 nitrogen and oxygen atoms in total. The predicted octanol–water partition coefficient (Wildman–Crippen LogP) is 5.24. The van der Waals surface area contributed by atoms with Gasteiger partial charge in [0.1, 0.15) is 6.10 Å². The molecule has 5 rings (SSSR count). The minimum absolute atomic E-state index is 0.0639. The molecule has 3 atom stereocenters. The fourth-order valence-corrected chi connectivity index (χ4v) is 6.10. The summed E-state index contributed by atoms with van der Waals surface area (Å²) in [6.07, 6.45) is 8.70. The number of nitrogens with zero attached hydrogens (tertiary/aromatic N) is 1. The van der Waals surface area contributed by atoms with E-state index in [1.54, 1.807) is 4.90 Å². The average Bonchev–Trinajstić information content (AvgIpc) is 3.29. The molecule has 1 saturated heterocycles. The number of urea groups is 1. The number of carbonyl (C=O) groups excluding carboxylic acids is 2. The number of likely N-dealkylation sites (tertiary alicyclic amines) is 1. The van der Waals surface area contributed by atoms with Crippen molar-refractivity contribution in [2.45, 2.75) is 75.2 Å². The number of hydrogen-bond donors (Lipinski definition) is 1. The third kappa shape index (κ3) is 4.64. The molecule has 2 aromatic rings. The largest absolute Gasteiger partial charge is 0.461 e. The highest BCUT2D eigenvalue weighted by Gasteiger charge is 2.37. The number of ether oxygens (including phenoxy) is 1. The third-order valence-corrected chi connectivity index (χ3v) is 7.96. The van der Waals surface area contributed by atoms with E-state index in [-0.39, 0.29) is 23.9 Å². The van der Waals surface area contributed by atoms with Crippen LogP contribution in [0, 0.1) is 0 Å². The van der Waals surface area contributed by atoms with Crippen LogP contribution in [0.5, 0.6) is 0 Å². The van der Waals surface area contributed by atoms with E-state index in [0.717, 1.165) is 24.0 Å². The van der Waals surface area contributed by atoms with Crippen LogP contribution in [0.3, 0.4) is 0 Å². The molecule has 33 heavy (non-hydrogen) atoms. The van der Waals surface area contributed by atoms with E-state index in [9.17, 15) is 9.59 Å². The molecule has 1 saturated carbocycles. The van der Waals surface area contributed by atoms with Gasteiger partial charge in [-0.3, -0.25) is 4.79 Å². The maximum Gasteiger partial charge on any atom is 0.314 e. The van der Waals surface area contributed by atoms with Gasteiger partial charge in [-0.1, -0.05) is 67.8 Å². The molecule has 3 aliphatic rings. The Labute approximate surface area is 196 Å². The number of hydrogen-bond acceptors (Lipinski definition) is 3. The van der Waals surface area contributed by atoms with Crippen molar-refractivity contribution < 1.29 is 14.3 Å². The first-order chi connectivity index (χ1) is 16.1. The normalized spacial score (nSPS) is 25.5. The van der Waals surface area contributed by atoms with Crippen LogP contribution in [0.25, 0.3) is 0 Å². The van der Waals surface area contributed by atoms with E-state index in [0.29, 0.717) is 25.4 Å². The van der Waals surface area contributed by atoms with Crippen molar-refractivity contribution in [1.29, 1.82) is 0 Å². The van der Waals surface area contributed by atoms with Crippen LogP contribution in [-0.2, 0) is 16.0 Å². The molecule has 3 unspecified atom stereocenters. The molecule has 2 fully saturated rings. The topological polar surface area (TPSA) is 72.6 Å². The van der Waals surface area contributed by atoms with E-state index >= 15 is 0 Å². The number of nitrogens with two attached hydrogens (primary N) is 1. The molecule has 1 aliphatic heterocycles. The molecule has 2 aromatic carbocycles. The molecule has 2 N–H and O–H groups in total. The number of rotatable bonds is 4. The number of primary amides is 1. The van der Waals surface area contributed by atoms with Crippen LogP contribution in [0.2, 0.25) is 0 Å². The summed E-state index contributed by atoms with van der Waals surface area (Å²) in [5.74, 6) is 0.298. The number of benzene rings is 2. The summed E-state index contributed by atoms with van der Waals surface area (Å²) >= 11 is 0. The summed E-state index contributed by atoms with van der Waals surface area (Å²) in [5.41, 5.74) is 10.5. The number of aryl methyl sites for hydroxylation is 1. The van der Waals surface area contributed by atoms with Crippen molar-refractivity contribution in [2.75, 3.05) is 13.1 Å². The van der Waals surface area contributed by atoms with Gasteiger partial charge in [-0.2, -0.15) is 0 Å². The van der Waals surface area contributed by atoms with Gasteiger partial charge >= 0.3 is 12.0 Å². The van der Waals surface area contributed by atoms with Crippen molar-refractivity contribution in [3.05, 3.63) is 70.8 Å². The van der Waals surface area contributed by atoms with Gasteiger partial charge in [-0.05, 0) is 53.9 Å². The summed E-state index contributed by atoms with van der Waals surface area (Å²) in [6, 6.07) is 16.4. The van der Waals surface area contributed by atoms with E-state index in [4.69, 9.17) is 10.5 Å². The van der Waals surface area contributed by atoms with Crippen molar-refractivity contribution >= 4 is 12.0 Å². The maximum absolute atomic E-state index is 13.3. The Kier molecular flexibility index (Phi) is 6.39. The van der Waals surface area contributed by atoms with Gasteiger partial charge in [-0.25, -0.2) is 4.79 Å².